The van der Waals surface area contributed by atoms with E-state index in [9.17, 15) is 18.3 Å². The molecule has 120 valence electrons. The van der Waals surface area contributed by atoms with Crippen LogP contribution >= 0.6 is 11.3 Å². The first-order valence-electron chi connectivity index (χ1n) is 6.83. The molecule has 0 spiro atoms. The average molecular weight is 324 g/mol. The molecule has 0 bridgehead atoms. The summed E-state index contributed by atoms with van der Waals surface area (Å²) in [5.41, 5.74) is -0.626. The number of hydrogen-bond acceptors (Lipinski definition) is 5. The van der Waals surface area contributed by atoms with Crippen LogP contribution in [0.3, 0.4) is 0 Å². The summed E-state index contributed by atoms with van der Waals surface area (Å²) in [5.74, 6) is 0. The lowest BCUT2D eigenvalue weighted by Gasteiger charge is -2.45. The fraction of sp³-hybridized carbons (Fsp3) is 0.769. The highest BCUT2D eigenvalue weighted by Crippen LogP contribution is 2.40. The molecule has 1 fully saturated rings. The first-order chi connectivity index (χ1) is 9.79. The number of nitrogens with zero attached hydrogens (tertiary/aromatic N) is 2. The minimum Gasteiger partial charge on any atom is -0.386 e. The first kappa shape index (κ1) is 16.7. The van der Waals surface area contributed by atoms with E-state index in [2.05, 4.69) is 9.88 Å². The first-order valence-corrected chi connectivity index (χ1v) is 7.64. The molecule has 1 aliphatic heterocycles. The third kappa shape index (κ3) is 3.39. The second kappa shape index (κ2) is 6.20. The summed E-state index contributed by atoms with van der Waals surface area (Å²) in [6, 6.07) is 0. The van der Waals surface area contributed by atoms with Crippen molar-refractivity contribution in [3.8, 4) is 0 Å². The number of thiazole rings is 1. The Balaban J connectivity index is 2.22. The predicted octanol–water partition coefficient (Wildman–Crippen LogP) is 2.70. The molecule has 21 heavy (non-hydrogen) atoms. The van der Waals surface area contributed by atoms with E-state index in [4.69, 9.17) is 4.74 Å². The number of halogens is 3. The minimum absolute atomic E-state index is 0.248. The average Bonchev–Trinajstić information content (AvgIpc) is 2.96. The van der Waals surface area contributed by atoms with Crippen LogP contribution in [-0.4, -0.2) is 46.8 Å². The zero-order valence-corrected chi connectivity index (χ0v) is 12.8. The van der Waals surface area contributed by atoms with Crippen molar-refractivity contribution in [2.24, 2.45) is 0 Å². The van der Waals surface area contributed by atoms with Crippen LogP contribution in [0.1, 0.15) is 36.3 Å². The molecule has 0 radical (unpaired) electrons. The van der Waals surface area contributed by atoms with Crippen LogP contribution < -0.4 is 0 Å². The SMILES string of the molecule is CCC(C)(C(O)c1cnc(C(F)(F)F)s1)N1CCOCC1. The number of morpholine rings is 1. The Bertz CT molecular complexity index is 474. The monoisotopic (exact) mass is 324 g/mol. The van der Waals surface area contributed by atoms with Gasteiger partial charge in [0, 0.05) is 24.8 Å². The fourth-order valence-electron chi connectivity index (χ4n) is 2.51. The second-order valence-electron chi connectivity index (χ2n) is 5.28. The van der Waals surface area contributed by atoms with Crippen LogP contribution in [-0.2, 0) is 10.9 Å². The van der Waals surface area contributed by atoms with Gasteiger partial charge in [0.15, 0.2) is 5.01 Å². The van der Waals surface area contributed by atoms with Gasteiger partial charge in [-0.1, -0.05) is 6.92 Å². The molecule has 8 heteroatoms. The van der Waals surface area contributed by atoms with Crippen LogP contribution in [0.25, 0.3) is 0 Å². The van der Waals surface area contributed by atoms with E-state index in [0.717, 1.165) is 6.20 Å². The Morgan fingerprint density at radius 1 is 1.43 bits per heavy atom. The number of aromatic nitrogens is 1. The normalized spacial score (nSPS) is 22.0. The molecule has 1 aliphatic rings. The van der Waals surface area contributed by atoms with E-state index in [-0.39, 0.29) is 4.88 Å². The highest BCUT2D eigenvalue weighted by molar-refractivity contribution is 7.11. The molecular formula is C13H19F3N2O2S. The van der Waals surface area contributed by atoms with Gasteiger partial charge in [-0.05, 0) is 13.3 Å². The van der Waals surface area contributed by atoms with E-state index in [0.29, 0.717) is 44.1 Å². The van der Waals surface area contributed by atoms with E-state index < -0.39 is 22.8 Å². The lowest BCUT2D eigenvalue weighted by atomic mass is 9.88. The lowest BCUT2D eigenvalue weighted by Crippen LogP contribution is -2.54. The van der Waals surface area contributed by atoms with Gasteiger partial charge in [-0.15, -0.1) is 11.3 Å². The van der Waals surface area contributed by atoms with Crippen LogP contribution in [0.15, 0.2) is 6.20 Å². The van der Waals surface area contributed by atoms with Gasteiger partial charge < -0.3 is 9.84 Å². The number of alkyl halides is 3. The standard InChI is InChI=1S/C13H19F3N2O2S/c1-3-12(2,18-4-6-20-7-5-18)10(19)9-8-17-11(21-9)13(14,15)16/h8,10,19H,3-7H2,1-2H3. The molecule has 0 amide bonds. The molecular weight excluding hydrogens is 305 g/mol. The summed E-state index contributed by atoms with van der Waals surface area (Å²) < 4.78 is 43.2. The summed E-state index contributed by atoms with van der Waals surface area (Å²) >= 11 is 0.510. The summed E-state index contributed by atoms with van der Waals surface area (Å²) in [4.78, 5) is 5.72. The molecule has 2 unspecified atom stereocenters. The largest absolute Gasteiger partial charge is 0.443 e. The number of aliphatic hydroxyl groups excluding tert-OH is 1. The Morgan fingerprint density at radius 3 is 2.52 bits per heavy atom. The Kier molecular flexibility index (Phi) is 4.92. The van der Waals surface area contributed by atoms with E-state index in [1.807, 2.05) is 13.8 Å². The molecule has 0 aromatic carbocycles. The van der Waals surface area contributed by atoms with Crippen LogP contribution in [0.2, 0.25) is 0 Å². The fourth-order valence-corrected chi connectivity index (χ4v) is 3.43. The molecule has 4 nitrogen and oxygen atoms in total. The highest BCUT2D eigenvalue weighted by Gasteiger charge is 2.42. The summed E-state index contributed by atoms with van der Waals surface area (Å²) in [5, 5.41) is 9.67. The maximum Gasteiger partial charge on any atom is 0.443 e. The smallest absolute Gasteiger partial charge is 0.386 e. The number of aliphatic hydroxyl groups is 1. The predicted molar refractivity (Wildman–Crippen MR) is 73.2 cm³/mol. The second-order valence-corrected chi connectivity index (χ2v) is 6.34. The van der Waals surface area contributed by atoms with Crippen molar-refractivity contribution in [1.82, 2.24) is 9.88 Å². The topological polar surface area (TPSA) is 45.6 Å². The maximum absolute atomic E-state index is 12.6. The molecule has 0 aliphatic carbocycles. The van der Waals surface area contributed by atoms with Gasteiger partial charge in [0.1, 0.15) is 6.10 Å². The summed E-state index contributed by atoms with van der Waals surface area (Å²) in [6.07, 6.45) is -3.72. The Labute approximate surface area is 125 Å². The van der Waals surface area contributed by atoms with Gasteiger partial charge in [-0.25, -0.2) is 4.98 Å². The van der Waals surface area contributed by atoms with Crippen molar-refractivity contribution >= 4 is 11.3 Å². The number of hydrogen-bond donors (Lipinski definition) is 1. The van der Waals surface area contributed by atoms with E-state index in [1.54, 1.807) is 0 Å². The molecule has 1 aromatic heterocycles. The Morgan fingerprint density at radius 2 is 2.05 bits per heavy atom. The van der Waals surface area contributed by atoms with Crippen molar-refractivity contribution < 1.29 is 23.0 Å². The Hall–Kier alpha value is -0.700. The minimum atomic E-state index is -4.47. The number of rotatable bonds is 4. The lowest BCUT2D eigenvalue weighted by molar-refractivity contribution is -0.137. The molecule has 2 rings (SSSR count). The van der Waals surface area contributed by atoms with Crippen molar-refractivity contribution in [3.05, 3.63) is 16.1 Å². The van der Waals surface area contributed by atoms with Crippen molar-refractivity contribution in [1.29, 1.82) is 0 Å². The third-order valence-corrected chi connectivity index (χ3v) is 5.17. The van der Waals surface area contributed by atoms with Gasteiger partial charge in [0.25, 0.3) is 0 Å². The summed E-state index contributed by atoms with van der Waals surface area (Å²) in [6.45, 7) is 6.25. The zero-order chi connectivity index (χ0) is 15.7. The van der Waals surface area contributed by atoms with Gasteiger partial charge in [0.05, 0.1) is 18.1 Å². The number of ether oxygens (including phenoxy) is 1. The van der Waals surface area contributed by atoms with E-state index >= 15 is 0 Å². The van der Waals surface area contributed by atoms with Crippen LogP contribution in [0.4, 0.5) is 13.2 Å². The van der Waals surface area contributed by atoms with Crippen molar-refractivity contribution in [2.75, 3.05) is 26.3 Å². The molecule has 1 N–H and O–H groups in total. The molecule has 1 saturated heterocycles. The van der Waals surface area contributed by atoms with Gasteiger partial charge in [-0.3, -0.25) is 4.90 Å². The van der Waals surface area contributed by atoms with Crippen molar-refractivity contribution in [3.63, 3.8) is 0 Å². The van der Waals surface area contributed by atoms with E-state index in [1.165, 1.54) is 0 Å². The molecule has 1 aromatic rings. The molecule has 2 heterocycles. The van der Waals surface area contributed by atoms with Gasteiger partial charge in [0.2, 0.25) is 0 Å². The quantitative estimate of drug-likeness (QED) is 0.925. The van der Waals surface area contributed by atoms with Crippen molar-refractivity contribution in [2.45, 2.75) is 38.1 Å². The van der Waals surface area contributed by atoms with Crippen LogP contribution in [0, 0.1) is 0 Å². The maximum atomic E-state index is 12.6. The van der Waals surface area contributed by atoms with Gasteiger partial charge in [-0.2, -0.15) is 13.2 Å². The molecule has 0 saturated carbocycles. The molecule has 2 atom stereocenters. The zero-order valence-electron chi connectivity index (χ0n) is 12.0. The highest BCUT2D eigenvalue weighted by atomic mass is 32.1. The van der Waals surface area contributed by atoms with Gasteiger partial charge >= 0.3 is 6.18 Å². The summed E-state index contributed by atoms with van der Waals surface area (Å²) in [7, 11) is 0. The third-order valence-electron chi connectivity index (χ3n) is 4.07. The van der Waals surface area contributed by atoms with Crippen LogP contribution in [0.5, 0.6) is 0 Å².